The van der Waals surface area contributed by atoms with Crippen LogP contribution in [0.4, 0.5) is 0 Å². The second kappa shape index (κ2) is 7.27. The van der Waals surface area contributed by atoms with Crippen molar-refractivity contribution in [1.82, 2.24) is 9.97 Å². The lowest BCUT2D eigenvalue weighted by Crippen LogP contribution is -2.00. The topological polar surface area (TPSA) is 28.7 Å². The summed E-state index contributed by atoms with van der Waals surface area (Å²) in [7, 11) is 0. The average Bonchev–Trinajstić information content (AvgIpc) is 3.17. The maximum Gasteiger partial charge on any atom is 0.138 e. The van der Waals surface area contributed by atoms with Gasteiger partial charge in [-0.3, -0.25) is 0 Å². The number of hydrogen-bond acceptors (Lipinski definition) is 1. The van der Waals surface area contributed by atoms with Crippen molar-refractivity contribution in [1.29, 1.82) is 0 Å². The number of aryl methyl sites for hydroxylation is 1. The minimum atomic E-state index is -2.10. The van der Waals surface area contributed by atoms with Gasteiger partial charge in [0.25, 0.3) is 0 Å². The third kappa shape index (κ3) is 3.24. The summed E-state index contributed by atoms with van der Waals surface area (Å²) in [6.07, 6.45) is 0. The van der Waals surface area contributed by atoms with Crippen molar-refractivity contribution >= 4 is 11.0 Å². The second-order valence-electron chi connectivity index (χ2n) is 7.99. The van der Waals surface area contributed by atoms with Crippen LogP contribution in [0.3, 0.4) is 0 Å². The Morgan fingerprint density at radius 3 is 2.07 bits per heavy atom. The summed E-state index contributed by atoms with van der Waals surface area (Å²) in [5.41, 5.74) is 8.17. The highest BCUT2D eigenvalue weighted by atomic mass is 14.9. The van der Waals surface area contributed by atoms with Gasteiger partial charge in [0.15, 0.2) is 0 Å². The number of nitrogens with one attached hydrogen (secondary N) is 1. The molecule has 1 heterocycles. The highest BCUT2D eigenvalue weighted by molar-refractivity contribution is 5.95. The van der Waals surface area contributed by atoms with Gasteiger partial charge in [-0.15, -0.1) is 0 Å². The van der Waals surface area contributed by atoms with E-state index in [9.17, 15) is 0 Å². The molecule has 28 heavy (non-hydrogen) atoms. The van der Waals surface area contributed by atoms with Gasteiger partial charge >= 0.3 is 0 Å². The van der Waals surface area contributed by atoms with E-state index in [1.54, 1.807) is 12.1 Å². The van der Waals surface area contributed by atoms with E-state index in [0.29, 0.717) is 17.4 Å². The zero-order valence-corrected chi connectivity index (χ0v) is 16.9. The molecule has 0 saturated heterocycles. The van der Waals surface area contributed by atoms with Crippen molar-refractivity contribution in [2.45, 2.75) is 46.4 Å². The number of benzene rings is 3. The Labute approximate surface area is 171 Å². The number of H-pyrrole nitrogens is 1. The summed E-state index contributed by atoms with van der Waals surface area (Å²) >= 11 is 0. The Bertz CT molecular complexity index is 1190. The van der Waals surface area contributed by atoms with Gasteiger partial charge in [-0.05, 0) is 41.4 Å². The molecule has 2 heteroatoms. The van der Waals surface area contributed by atoms with E-state index in [-0.39, 0.29) is 0 Å². The Balaban J connectivity index is 1.89. The van der Waals surface area contributed by atoms with Gasteiger partial charge in [0.2, 0.25) is 0 Å². The van der Waals surface area contributed by atoms with Crippen LogP contribution in [0.25, 0.3) is 33.5 Å². The van der Waals surface area contributed by atoms with Crippen LogP contribution in [-0.2, 0) is 0 Å². The molecular weight excluding hydrogens is 340 g/mol. The molecule has 0 aliphatic heterocycles. The highest BCUT2D eigenvalue weighted by Gasteiger charge is 2.19. The summed E-state index contributed by atoms with van der Waals surface area (Å²) in [5, 5.41) is 0. The van der Waals surface area contributed by atoms with Gasteiger partial charge < -0.3 is 4.98 Å². The first-order valence-electron chi connectivity index (χ1n) is 11.4. The van der Waals surface area contributed by atoms with Crippen molar-refractivity contribution in [2.24, 2.45) is 0 Å². The lowest BCUT2D eigenvalue weighted by molar-refractivity contribution is 0.838. The van der Waals surface area contributed by atoms with Crippen LogP contribution >= 0.6 is 0 Å². The zero-order chi connectivity index (χ0) is 22.3. The SMILES string of the molecule is [2H]C([2H])([2H])c1ccc(-c2nc3c(-c4c(C(C)C)cccc4C(C)C)cccc3[nH]2)cc1. The Kier molecular flexibility index (Phi) is 3.92. The number of rotatable bonds is 4. The zero-order valence-electron chi connectivity index (χ0n) is 19.9. The molecule has 0 fully saturated rings. The largest absolute Gasteiger partial charge is 0.338 e. The molecule has 2 nitrogen and oxygen atoms in total. The highest BCUT2D eigenvalue weighted by Crippen LogP contribution is 2.39. The van der Waals surface area contributed by atoms with Crippen LogP contribution in [0.2, 0.25) is 0 Å². The first kappa shape index (κ1) is 15.1. The number of para-hydroxylation sites is 1. The van der Waals surface area contributed by atoms with Crippen LogP contribution in [0, 0.1) is 6.85 Å². The van der Waals surface area contributed by atoms with E-state index < -0.39 is 6.85 Å². The van der Waals surface area contributed by atoms with E-state index >= 15 is 0 Å². The molecule has 0 aliphatic rings. The van der Waals surface area contributed by atoms with E-state index in [1.807, 2.05) is 18.2 Å². The average molecular weight is 372 g/mol. The molecule has 1 aromatic heterocycles. The van der Waals surface area contributed by atoms with Crippen molar-refractivity contribution in [3.8, 4) is 22.5 Å². The first-order chi connectivity index (χ1) is 14.7. The van der Waals surface area contributed by atoms with Crippen LogP contribution in [0.15, 0.2) is 60.7 Å². The summed E-state index contributed by atoms with van der Waals surface area (Å²) in [4.78, 5) is 8.38. The quantitative estimate of drug-likeness (QED) is 0.396. The fourth-order valence-electron chi connectivity index (χ4n) is 3.86. The van der Waals surface area contributed by atoms with Gasteiger partial charge in [0.05, 0.1) is 11.0 Å². The third-order valence-corrected chi connectivity index (χ3v) is 5.31. The Morgan fingerprint density at radius 1 is 0.821 bits per heavy atom. The maximum absolute atomic E-state index is 7.58. The fourth-order valence-corrected chi connectivity index (χ4v) is 3.86. The van der Waals surface area contributed by atoms with Crippen LogP contribution < -0.4 is 0 Å². The molecule has 0 bridgehead atoms. The maximum atomic E-state index is 7.58. The molecule has 0 saturated carbocycles. The second-order valence-corrected chi connectivity index (χ2v) is 7.99. The van der Waals surface area contributed by atoms with Crippen molar-refractivity contribution in [3.63, 3.8) is 0 Å². The van der Waals surface area contributed by atoms with Gasteiger partial charge in [-0.2, -0.15) is 0 Å². The van der Waals surface area contributed by atoms with E-state index in [0.717, 1.165) is 28.0 Å². The van der Waals surface area contributed by atoms with E-state index in [2.05, 4.69) is 63.0 Å². The summed E-state index contributed by atoms with van der Waals surface area (Å²) < 4.78 is 22.7. The Hall–Kier alpha value is -2.87. The molecule has 4 aromatic rings. The summed E-state index contributed by atoms with van der Waals surface area (Å²) in [5.74, 6) is 1.54. The molecule has 3 aromatic carbocycles. The van der Waals surface area contributed by atoms with Gasteiger partial charge in [-0.1, -0.05) is 87.9 Å². The molecule has 0 amide bonds. The van der Waals surface area contributed by atoms with E-state index in [4.69, 9.17) is 9.10 Å². The number of aromatic nitrogens is 2. The molecule has 0 aliphatic carbocycles. The van der Waals surface area contributed by atoms with Crippen molar-refractivity contribution in [3.05, 3.63) is 77.4 Å². The number of imidazole rings is 1. The molecule has 0 unspecified atom stereocenters. The van der Waals surface area contributed by atoms with Gasteiger partial charge in [0.1, 0.15) is 5.82 Å². The summed E-state index contributed by atoms with van der Waals surface area (Å²) in [6.45, 7) is 6.81. The predicted octanol–water partition coefficient (Wildman–Crippen LogP) is 7.45. The van der Waals surface area contributed by atoms with Crippen LogP contribution in [-0.4, -0.2) is 9.97 Å². The lowest BCUT2D eigenvalue weighted by atomic mass is 9.84. The van der Waals surface area contributed by atoms with Crippen LogP contribution in [0.5, 0.6) is 0 Å². The third-order valence-electron chi connectivity index (χ3n) is 5.31. The van der Waals surface area contributed by atoms with E-state index in [1.165, 1.54) is 16.7 Å². The molecule has 0 radical (unpaired) electrons. The molecular formula is C26H28N2. The number of hydrogen-bond donors (Lipinski definition) is 1. The van der Waals surface area contributed by atoms with Gasteiger partial charge in [0, 0.05) is 15.2 Å². The molecule has 4 rings (SSSR count). The van der Waals surface area contributed by atoms with Crippen LogP contribution in [0.1, 0.15) is 60.3 Å². The normalized spacial score (nSPS) is 13.7. The Morgan fingerprint density at radius 2 is 1.46 bits per heavy atom. The van der Waals surface area contributed by atoms with Crippen molar-refractivity contribution in [2.75, 3.05) is 0 Å². The minimum absolute atomic E-state index is 0.334. The predicted molar refractivity (Wildman–Crippen MR) is 120 cm³/mol. The van der Waals surface area contributed by atoms with Gasteiger partial charge in [-0.25, -0.2) is 4.98 Å². The molecule has 0 atom stereocenters. The number of nitrogens with zero attached hydrogens (tertiary/aromatic N) is 1. The molecule has 1 N–H and O–H groups in total. The molecule has 0 spiro atoms. The summed E-state index contributed by atoms with van der Waals surface area (Å²) in [6, 6.07) is 19.8. The van der Waals surface area contributed by atoms with Crippen molar-refractivity contribution < 1.29 is 4.11 Å². The lowest BCUT2D eigenvalue weighted by Gasteiger charge is -2.20. The first-order valence-corrected chi connectivity index (χ1v) is 9.89. The molecule has 142 valence electrons. The monoisotopic (exact) mass is 371 g/mol. The number of aromatic amines is 1. The smallest absolute Gasteiger partial charge is 0.138 e. The number of fused-ring (bicyclic) bond motifs is 1. The standard InChI is InChI=1S/C26H28N2/c1-16(2)20-8-6-9-21(17(3)4)24(20)22-10-7-11-23-25(22)28-26(27-23)19-14-12-18(5)13-15-19/h6-17H,1-5H3,(H,27,28)/i5D3. The minimum Gasteiger partial charge on any atom is -0.338 e. The fraction of sp³-hybridized carbons (Fsp3) is 0.269.